The van der Waals surface area contributed by atoms with E-state index in [2.05, 4.69) is 31.0 Å². The van der Waals surface area contributed by atoms with Gasteiger partial charge in [-0.3, -0.25) is 0 Å². The van der Waals surface area contributed by atoms with Crippen LogP contribution in [0.2, 0.25) is 0 Å². The first-order chi connectivity index (χ1) is 7.77. The summed E-state index contributed by atoms with van der Waals surface area (Å²) in [6, 6.07) is 0. The number of hydrogen-bond donors (Lipinski definition) is 0. The third kappa shape index (κ3) is 4.73. The van der Waals surface area contributed by atoms with Gasteiger partial charge in [-0.2, -0.15) is 0 Å². The average Bonchev–Trinajstić information content (AvgIpc) is 2.70. The predicted molar refractivity (Wildman–Crippen MR) is 68.2 cm³/mol. The van der Waals surface area contributed by atoms with E-state index < -0.39 is 0 Å². The van der Waals surface area contributed by atoms with E-state index in [1.165, 1.54) is 11.3 Å². The van der Waals surface area contributed by atoms with Crippen LogP contribution in [0.4, 0.5) is 5.13 Å². The van der Waals surface area contributed by atoms with Gasteiger partial charge in [0.2, 0.25) is 5.13 Å². The number of nitrogens with zero attached hydrogens (tertiary/aromatic N) is 3. The van der Waals surface area contributed by atoms with E-state index in [-0.39, 0.29) is 0 Å². The largest absolute Gasteiger partial charge is 0.385 e. The lowest BCUT2D eigenvalue weighted by Crippen LogP contribution is -2.28. The molecule has 92 valence electrons. The fourth-order valence-electron chi connectivity index (χ4n) is 1.23. The molecular weight excluding hydrogens is 294 g/mol. The topological polar surface area (TPSA) is 47.5 Å². The van der Waals surface area contributed by atoms with Gasteiger partial charge in [0, 0.05) is 33.9 Å². The van der Waals surface area contributed by atoms with E-state index in [9.17, 15) is 0 Å². The molecule has 0 spiro atoms. The third-order valence-corrected chi connectivity index (χ3v) is 3.42. The lowest BCUT2D eigenvalue weighted by molar-refractivity contribution is 0.191. The third-order valence-electron chi connectivity index (χ3n) is 2.00. The van der Waals surface area contributed by atoms with Crippen LogP contribution in [-0.2, 0) is 9.47 Å². The molecule has 1 rings (SSSR count). The van der Waals surface area contributed by atoms with E-state index in [1.807, 2.05) is 0 Å². The molecule has 0 aromatic carbocycles. The van der Waals surface area contributed by atoms with Gasteiger partial charge in [0.05, 0.1) is 6.61 Å². The van der Waals surface area contributed by atoms with Gasteiger partial charge in [-0.15, -0.1) is 10.2 Å². The molecule has 7 heteroatoms. The first-order valence-electron chi connectivity index (χ1n) is 4.99. The summed E-state index contributed by atoms with van der Waals surface area (Å²) in [6.07, 6.45) is 0.970. The van der Waals surface area contributed by atoms with Crippen molar-refractivity contribution in [2.45, 2.75) is 6.42 Å². The Labute approximate surface area is 108 Å². The molecule has 0 N–H and O–H groups in total. The lowest BCUT2D eigenvalue weighted by Gasteiger charge is -2.20. The first-order valence-corrected chi connectivity index (χ1v) is 6.60. The van der Waals surface area contributed by atoms with Gasteiger partial charge in [-0.1, -0.05) is 11.3 Å². The Morgan fingerprint density at radius 3 is 2.50 bits per heavy atom. The van der Waals surface area contributed by atoms with E-state index in [0.717, 1.165) is 35.2 Å². The zero-order valence-electron chi connectivity index (χ0n) is 9.48. The summed E-state index contributed by atoms with van der Waals surface area (Å²) in [5, 5.41) is 8.96. The first kappa shape index (κ1) is 13.8. The van der Waals surface area contributed by atoms with Crippen LogP contribution in [0.15, 0.2) is 3.92 Å². The van der Waals surface area contributed by atoms with Gasteiger partial charge in [0.15, 0.2) is 3.92 Å². The Kier molecular flexibility index (Phi) is 6.86. The zero-order valence-corrected chi connectivity index (χ0v) is 11.9. The minimum atomic E-state index is 0.685. The summed E-state index contributed by atoms with van der Waals surface area (Å²) in [5.41, 5.74) is 0. The summed E-state index contributed by atoms with van der Waals surface area (Å²) < 4.78 is 10.9. The number of halogens is 1. The Morgan fingerprint density at radius 2 is 1.94 bits per heavy atom. The quantitative estimate of drug-likeness (QED) is 0.685. The molecule has 0 aliphatic carbocycles. The zero-order chi connectivity index (χ0) is 11.8. The molecule has 5 nitrogen and oxygen atoms in total. The Balaban J connectivity index is 2.49. The van der Waals surface area contributed by atoms with Crippen LogP contribution < -0.4 is 4.90 Å². The van der Waals surface area contributed by atoms with E-state index in [4.69, 9.17) is 9.47 Å². The summed E-state index contributed by atoms with van der Waals surface area (Å²) in [6.45, 7) is 3.16. The predicted octanol–water partition coefficient (Wildman–Crippen LogP) is 1.79. The van der Waals surface area contributed by atoms with Crippen LogP contribution >= 0.6 is 27.3 Å². The highest BCUT2D eigenvalue weighted by molar-refractivity contribution is 9.11. The average molecular weight is 310 g/mol. The Hall–Kier alpha value is -0.240. The molecule has 0 bridgehead atoms. The number of ether oxygens (including phenoxy) is 2. The van der Waals surface area contributed by atoms with Gasteiger partial charge in [0.1, 0.15) is 0 Å². The highest BCUT2D eigenvalue weighted by atomic mass is 79.9. The smallest absolute Gasteiger partial charge is 0.209 e. The van der Waals surface area contributed by atoms with Crippen molar-refractivity contribution < 1.29 is 9.47 Å². The maximum Gasteiger partial charge on any atom is 0.209 e. The van der Waals surface area contributed by atoms with E-state index >= 15 is 0 Å². The molecule has 0 atom stereocenters. The SMILES string of the molecule is COCCCN(CCOC)c1nnc(Br)s1. The van der Waals surface area contributed by atoms with Crippen molar-refractivity contribution in [1.29, 1.82) is 0 Å². The molecule has 16 heavy (non-hydrogen) atoms. The van der Waals surface area contributed by atoms with Crippen molar-refractivity contribution in [3.63, 3.8) is 0 Å². The van der Waals surface area contributed by atoms with Crippen molar-refractivity contribution in [1.82, 2.24) is 10.2 Å². The second kappa shape index (κ2) is 7.94. The van der Waals surface area contributed by atoms with Gasteiger partial charge < -0.3 is 14.4 Å². The number of hydrogen-bond acceptors (Lipinski definition) is 6. The normalized spacial score (nSPS) is 10.7. The van der Waals surface area contributed by atoms with Crippen molar-refractivity contribution in [2.75, 3.05) is 45.4 Å². The van der Waals surface area contributed by atoms with Crippen LogP contribution in [-0.4, -0.2) is 50.7 Å². The second-order valence-electron chi connectivity index (χ2n) is 3.16. The number of anilines is 1. The van der Waals surface area contributed by atoms with E-state index in [1.54, 1.807) is 14.2 Å². The summed E-state index contributed by atoms with van der Waals surface area (Å²) >= 11 is 4.84. The fraction of sp³-hybridized carbons (Fsp3) is 0.778. The number of aromatic nitrogens is 2. The Morgan fingerprint density at radius 1 is 1.19 bits per heavy atom. The molecule has 0 aliphatic rings. The molecule has 0 fully saturated rings. The van der Waals surface area contributed by atoms with Crippen molar-refractivity contribution >= 4 is 32.4 Å². The molecule has 0 aliphatic heterocycles. The second-order valence-corrected chi connectivity index (χ2v) is 5.40. The maximum atomic E-state index is 5.08. The molecule has 1 aromatic rings. The highest BCUT2D eigenvalue weighted by Crippen LogP contribution is 2.23. The van der Waals surface area contributed by atoms with Crippen LogP contribution in [0, 0.1) is 0 Å². The van der Waals surface area contributed by atoms with Gasteiger partial charge in [0.25, 0.3) is 0 Å². The highest BCUT2D eigenvalue weighted by Gasteiger charge is 2.11. The number of methoxy groups -OCH3 is 2. The minimum absolute atomic E-state index is 0.685. The molecule has 0 unspecified atom stereocenters. The van der Waals surface area contributed by atoms with Crippen LogP contribution in [0.1, 0.15) is 6.42 Å². The molecular formula is C9H16BrN3O2S. The minimum Gasteiger partial charge on any atom is -0.385 e. The van der Waals surface area contributed by atoms with Crippen LogP contribution in [0.25, 0.3) is 0 Å². The number of rotatable bonds is 8. The van der Waals surface area contributed by atoms with Crippen molar-refractivity contribution in [3.05, 3.63) is 3.92 Å². The standard InChI is InChI=1S/C9H16BrN3O2S/c1-14-6-3-4-13(5-7-15-2)9-12-11-8(10)16-9/h3-7H2,1-2H3. The molecule has 0 saturated heterocycles. The maximum absolute atomic E-state index is 5.08. The lowest BCUT2D eigenvalue weighted by atomic mass is 10.4. The molecule has 0 radical (unpaired) electrons. The molecule has 1 heterocycles. The fourth-order valence-corrected chi connectivity index (χ4v) is 2.37. The van der Waals surface area contributed by atoms with Crippen molar-refractivity contribution in [2.24, 2.45) is 0 Å². The van der Waals surface area contributed by atoms with Gasteiger partial charge in [-0.25, -0.2) is 0 Å². The molecule has 0 amide bonds. The summed E-state index contributed by atoms with van der Waals surface area (Å²) in [5.74, 6) is 0. The monoisotopic (exact) mass is 309 g/mol. The summed E-state index contributed by atoms with van der Waals surface area (Å²) in [4.78, 5) is 2.16. The van der Waals surface area contributed by atoms with Gasteiger partial charge in [-0.05, 0) is 22.4 Å². The van der Waals surface area contributed by atoms with Gasteiger partial charge >= 0.3 is 0 Å². The Bertz CT molecular complexity index is 298. The van der Waals surface area contributed by atoms with Crippen LogP contribution in [0.3, 0.4) is 0 Å². The van der Waals surface area contributed by atoms with Crippen molar-refractivity contribution in [3.8, 4) is 0 Å². The molecule has 1 aromatic heterocycles. The summed E-state index contributed by atoms with van der Waals surface area (Å²) in [7, 11) is 3.41. The molecule has 0 saturated carbocycles. The van der Waals surface area contributed by atoms with Crippen LogP contribution in [0.5, 0.6) is 0 Å². The van der Waals surface area contributed by atoms with E-state index in [0.29, 0.717) is 6.61 Å².